The lowest BCUT2D eigenvalue weighted by Crippen LogP contribution is -2.38. The third-order valence-electron chi connectivity index (χ3n) is 4.43. The first-order chi connectivity index (χ1) is 10.3. The summed E-state index contributed by atoms with van der Waals surface area (Å²) >= 11 is 1.65. The summed E-state index contributed by atoms with van der Waals surface area (Å²) in [6, 6.07) is 6.66. The molecule has 1 aliphatic carbocycles. The number of hydrogen-bond acceptors (Lipinski definition) is 3. The Hall–Kier alpha value is -0.710. The Labute approximate surface area is 143 Å². The summed E-state index contributed by atoms with van der Waals surface area (Å²) in [5, 5.41) is 6.46. The molecule has 2 aliphatic rings. The van der Waals surface area contributed by atoms with Crippen molar-refractivity contribution in [1.82, 2.24) is 10.6 Å². The van der Waals surface area contributed by atoms with Crippen LogP contribution in [0, 0.1) is 5.92 Å². The molecule has 122 valence electrons. The van der Waals surface area contributed by atoms with E-state index in [9.17, 15) is 4.79 Å². The van der Waals surface area contributed by atoms with E-state index in [4.69, 9.17) is 0 Å². The molecule has 22 heavy (non-hydrogen) atoms. The van der Waals surface area contributed by atoms with Crippen molar-refractivity contribution in [3.63, 3.8) is 0 Å². The Balaban J connectivity index is 0.00000176. The summed E-state index contributed by atoms with van der Waals surface area (Å²) in [7, 11) is 0. The number of halogens is 1. The Morgan fingerprint density at radius 3 is 2.95 bits per heavy atom. The van der Waals surface area contributed by atoms with Crippen LogP contribution in [0.4, 0.5) is 0 Å². The minimum Gasteiger partial charge on any atom is -0.355 e. The van der Waals surface area contributed by atoms with Gasteiger partial charge in [0.05, 0.1) is 5.75 Å². The molecule has 1 amide bonds. The van der Waals surface area contributed by atoms with Gasteiger partial charge < -0.3 is 10.6 Å². The Morgan fingerprint density at radius 1 is 1.27 bits per heavy atom. The zero-order valence-electron chi connectivity index (χ0n) is 12.9. The lowest BCUT2D eigenvalue weighted by Gasteiger charge is -2.22. The monoisotopic (exact) mass is 340 g/mol. The van der Waals surface area contributed by atoms with Crippen LogP contribution in [0.3, 0.4) is 0 Å². The lowest BCUT2D eigenvalue weighted by atomic mass is 10.00. The molecule has 1 aromatic rings. The number of benzene rings is 1. The summed E-state index contributed by atoms with van der Waals surface area (Å²) in [6.45, 7) is 2.98. The van der Waals surface area contributed by atoms with Gasteiger partial charge in [-0.15, -0.1) is 24.2 Å². The third kappa shape index (κ3) is 4.90. The molecular formula is C17H25ClN2OS. The van der Waals surface area contributed by atoms with Crippen LogP contribution in [0.2, 0.25) is 0 Å². The van der Waals surface area contributed by atoms with Gasteiger partial charge in [-0.05, 0) is 74.4 Å². The maximum atomic E-state index is 11.9. The predicted molar refractivity (Wildman–Crippen MR) is 95.0 cm³/mol. The molecule has 0 radical (unpaired) electrons. The smallest absolute Gasteiger partial charge is 0.230 e. The molecule has 5 heteroatoms. The number of piperidine rings is 1. The van der Waals surface area contributed by atoms with Crippen LogP contribution in [-0.4, -0.2) is 31.3 Å². The normalized spacial score (nSPS) is 20.1. The first kappa shape index (κ1) is 17.6. The van der Waals surface area contributed by atoms with Crippen molar-refractivity contribution in [1.29, 1.82) is 0 Å². The van der Waals surface area contributed by atoms with E-state index >= 15 is 0 Å². The molecule has 1 aliphatic heterocycles. The van der Waals surface area contributed by atoms with Crippen LogP contribution in [0.1, 0.15) is 30.4 Å². The second kappa shape index (κ2) is 8.80. The molecule has 3 nitrogen and oxygen atoms in total. The molecule has 0 saturated carbocycles. The van der Waals surface area contributed by atoms with Crippen molar-refractivity contribution < 1.29 is 4.79 Å². The van der Waals surface area contributed by atoms with Crippen molar-refractivity contribution >= 4 is 30.1 Å². The van der Waals surface area contributed by atoms with Gasteiger partial charge in [-0.1, -0.05) is 6.07 Å². The minimum absolute atomic E-state index is 0. The third-order valence-corrected chi connectivity index (χ3v) is 5.42. The molecule has 0 spiro atoms. The number of amides is 1. The molecular weight excluding hydrogens is 316 g/mol. The van der Waals surface area contributed by atoms with Crippen LogP contribution >= 0.6 is 24.2 Å². The van der Waals surface area contributed by atoms with E-state index in [0.717, 1.165) is 19.6 Å². The molecule has 0 aromatic heterocycles. The first-order valence-corrected chi connectivity index (χ1v) is 9.02. The topological polar surface area (TPSA) is 41.1 Å². The average molecular weight is 341 g/mol. The van der Waals surface area contributed by atoms with Crippen LogP contribution in [0.5, 0.6) is 0 Å². The van der Waals surface area contributed by atoms with Crippen LogP contribution in [0.15, 0.2) is 23.1 Å². The molecule has 1 saturated heterocycles. The van der Waals surface area contributed by atoms with Crippen LogP contribution in [0.25, 0.3) is 0 Å². The van der Waals surface area contributed by atoms with Gasteiger partial charge in [0.1, 0.15) is 0 Å². The van der Waals surface area contributed by atoms with Gasteiger partial charge in [-0.3, -0.25) is 4.79 Å². The molecule has 1 unspecified atom stereocenters. The molecule has 1 fully saturated rings. The quantitative estimate of drug-likeness (QED) is 0.810. The summed E-state index contributed by atoms with van der Waals surface area (Å²) in [6.07, 6.45) is 6.15. The molecule has 1 heterocycles. The second-order valence-corrected chi connectivity index (χ2v) is 7.14. The van der Waals surface area contributed by atoms with Gasteiger partial charge in [0.2, 0.25) is 5.91 Å². The van der Waals surface area contributed by atoms with Gasteiger partial charge in [0, 0.05) is 11.4 Å². The number of aryl methyl sites for hydroxylation is 2. The van der Waals surface area contributed by atoms with Gasteiger partial charge >= 0.3 is 0 Å². The van der Waals surface area contributed by atoms with Crippen molar-refractivity contribution in [2.24, 2.45) is 5.92 Å². The van der Waals surface area contributed by atoms with Crippen LogP contribution < -0.4 is 10.6 Å². The van der Waals surface area contributed by atoms with E-state index in [1.54, 1.807) is 11.8 Å². The highest BCUT2D eigenvalue weighted by atomic mass is 35.5. The number of thioether (sulfide) groups is 1. The zero-order chi connectivity index (χ0) is 14.5. The van der Waals surface area contributed by atoms with E-state index in [1.165, 1.54) is 48.1 Å². The summed E-state index contributed by atoms with van der Waals surface area (Å²) in [5.74, 6) is 1.29. The first-order valence-electron chi connectivity index (χ1n) is 8.03. The summed E-state index contributed by atoms with van der Waals surface area (Å²) < 4.78 is 0. The molecule has 2 N–H and O–H groups in total. The minimum atomic E-state index is 0. The predicted octanol–water partition coefficient (Wildman–Crippen LogP) is 2.81. The Morgan fingerprint density at radius 2 is 2.14 bits per heavy atom. The second-order valence-electron chi connectivity index (χ2n) is 6.09. The largest absolute Gasteiger partial charge is 0.355 e. The van der Waals surface area contributed by atoms with Gasteiger partial charge in [0.15, 0.2) is 0 Å². The number of carbonyl (C=O) groups is 1. The molecule has 3 rings (SSSR count). The van der Waals surface area contributed by atoms with E-state index in [0.29, 0.717) is 11.7 Å². The van der Waals surface area contributed by atoms with Gasteiger partial charge in [0.25, 0.3) is 0 Å². The zero-order valence-corrected chi connectivity index (χ0v) is 14.5. The Bertz CT molecular complexity index is 503. The Kier molecular flexibility index (Phi) is 7.06. The van der Waals surface area contributed by atoms with E-state index in [-0.39, 0.29) is 18.3 Å². The van der Waals surface area contributed by atoms with E-state index in [1.807, 2.05) is 0 Å². The number of carbonyl (C=O) groups excluding carboxylic acids is 1. The van der Waals surface area contributed by atoms with Crippen molar-refractivity contribution in [3.05, 3.63) is 29.3 Å². The molecule has 1 atom stereocenters. The van der Waals surface area contributed by atoms with Crippen molar-refractivity contribution in [3.8, 4) is 0 Å². The fourth-order valence-electron chi connectivity index (χ4n) is 3.19. The molecule has 0 bridgehead atoms. The number of nitrogens with one attached hydrogen (secondary N) is 2. The van der Waals surface area contributed by atoms with Gasteiger partial charge in [-0.2, -0.15) is 0 Å². The fourth-order valence-corrected chi connectivity index (χ4v) is 3.98. The summed E-state index contributed by atoms with van der Waals surface area (Å²) in [5.41, 5.74) is 2.97. The van der Waals surface area contributed by atoms with Gasteiger partial charge in [-0.25, -0.2) is 0 Å². The van der Waals surface area contributed by atoms with Crippen molar-refractivity contribution in [2.45, 2.75) is 37.0 Å². The highest BCUT2D eigenvalue weighted by Gasteiger charge is 2.14. The number of rotatable bonds is 5. The lowest BCUT2D eigenvalue weighted by molar-refractivity contribution is -0.118. The van der Waals surface area contributed by atoms with Crippen LogP contribution in [-0.2, 0) is 17.6 Å². The summed E-state index contributed by atoms with van der Waals surface area (Å²) in [4.78, 5) is 13.2. The maximum Gasteiger partial charge on any atom is 0.230 e. The highest BCUT2D eigenvalue weighted by molar-refractivity contribution is 8.00. The van der Waals surface area contributed by atoms with Crippen molar-refractivity contribution in [2.75, 3.05) is 25.4 Å². The fraction of sp³-hybridized carbons (Fsp3) is 0.588. The molecule has 1 aromatic carbocycles. The number of hydrogen-bond donors (Lipinski definition) is 2. The van der Waals surface area contributed by atoms with E-state index < -0.39 is 0 Å². The standard InChI is InChI=1S/C17H24N2OS.ClH/c20-17(19-11-13-3-2-8-18-10-13)12-21-16-7-6-14-4-1-5-15(14)9-16;/h6-7,9,13,18H,1-5,8,10-12H2,(H,19,20);1H. The SMILES string of the molecule is Cl.O=C(CSc1ccc2c(c1)CCC2)NCC1CCCNC1. The van der Waals surface area contributed by atoms with E-state index in [2.05, 4.69) is 28.8 Å². The highest BCUT2D eigenvalue weighted by Crippen LogP contribution is 2.27. The average Bonchev–Trinajstić information content (AvgIpc) is 2.99. The number of fused-ring (bicyclic) bond motifs is 1. The maximum absolute atomic E-state index is 11.9.